The lowest BCUT2D eigenvalue weighted by Gasteiger charge is -2.06. The van der Waals surface area contributed by atoms with Crippen LogP contribution < -0.4 is 11.2 Å². The number of phenols is 1. The molecule has 0 fully saturated rings. The van der Waals surface area contributed by atoms with Crippen molar-refractivity contribution in [3.63, 3.8) is 0 Å². The molecule has 23 heavy (non-hydrogen) atoms. The van der Waals surface area contributed by atoms with Crippen molar-refractivity contribution >= 4 is 23.3 Å². The summed E-state index contributed by atoms with van der Waals surface area (Å²) in [6.45, 7) is 1.72. The number of amides is 1. The van der Waals surface area contributed by atoms with E-state index in [2.05, 4.69) is 10.5 Å². The van der Waals surface area contributed by atoms with E-state index < -0.39 is 11.9 Å². The zero-order valence-electron chi connectivity index (χ0n) is 12.3. The Hall–Kier alpha value is -3.35. The summed E-state index contributed by atoms with van der Waals surface area (Å²) in [6.07, 6.45) is 0. The van der Waals surface area contributed by atoms with Crippen molar-refractivity contribution in [3.05, 3.63) is 59.2 Å². The van der Waals surface area contributed by atoms with Crippen LogP contribution in [0.3, 0.4) is 0 Å². The number of primary amides is 1. The van der Waals surface area contributed by atoms with Crippen LogP contribution in [0.4, 0.5) is 5.69 Å². The van der Waals surface area contributed by atoms with Gasteiger partial charge in [0.05, 0.1) is 22.5 Å². The second-order valence-electron chi connectivity index (χ2n) is 4.79. The number of benzene rings is 2. The highest BCUT2D eigenvalue weighted by Crippen LogP contribution is 2.18. The van der Waals surface area contributed by atoms with Crippen LogP contribution in [-0.4, -0.2) is 27.8 Å². The second kappa shape index (κ2) is 6.61. The van der Waals surface area contributed by atoms with Gasteiger partial charge in [-0.15, -0.1) is 0 Å². The number of carbonyl (C=O) groups excluding carboxylic acids is 1. The van der Waals surface area contributed by atoms with Crippen LogP contribution in [0.2, 0.25) is 0 Å². The molecular weight excluding hydrogens is 298 g/mol. The van der Waals surface area contributed by atoms with E-state index in [1.54, 1.807) is 25.1 Å². The number of carboxylic acids is 1. The quantitative estimate of drug-likeness (QED) is 0.496. The van der Waals surface area contributed by atoms with Gasteiger partial charge in [0.1, 0.15) is 5.75 Å². The number of hydrazone groups is 1. The minimum atomic E-state index is -1.00. The van der Waals surface area contributed by atoms with Crippen LogP contribution in [0.25, 0.3) is 0 Å². The molecule has 0 spiro atoms. The first-order valence-electron chi connectivity index (χ1n) is 6.65. The van der Waals surface area contributed by atoms with Crippen LogP contribution in [-0.2, 0) is 0 Å². The molecule has 2 aromatic carbocycles. The summed E-state index contributed by atoms with van der Waals surface area (Å²) in [5.74, 6) is -1.92. The summed E-state index contributed by atoms with van der Waals surface area (Å²) in [5, 5.41) is 22.5. The highest BCUT2D eigenvalue weighted by Gasteiger charge is 2.09. The minimum absolute atomic E-state index is 0.0165. The van der Waals surface area contributed by atoms with Crippen molar-refractivity contribution in [2.24, 2.45) is 10.8 Å². The Morgan fingerprint density at radius 3 is 2.26 bits per heavy atom. The summed E-state index contributed by atoms with van der Waals surface area (Å²) in [6, 6.07) is 10.5. The molecule has 5 N–H and O–H groups in total. The molecule has 118 valence electrons. The monoisotopic (exact) mass is 313 g/mol. The average Bonchev–Trinajstić information content (AvgIpc) is 2.53. The number of carbonyl (C=O) groups is 2. The number of aromatic carboxylic acids is 1. The van der Waals surface area contributed by atoms with Crippen molar-refractivity contribution < 1.29 is 19.8 Å². The molecule has 0 unspecified atom stereocenters. The van der Waals surface area contributed by atoms with E-state index in [0.717, 1.165) is 0 Å². The lowest BCUT2D eigenvalue weighted by molar-refractivity contribution is 0.0696. The van der Waals surface area contributed by atoms with E-state index in [9.17, 15) is 14.7 Å². The maximum Gasteiger partial charge on any atom is 0.335 e. The van der Waals surface area contributed by atoms with Crippen LogP contribution in [0.15, 0.2) is 47.6 Å². The lowest BCUT2D eigenvalue weighted by atomic mass is 10.1. The average molecular weight is 313 g/mol. The van der Waals surface area contributed by atoms with Gasteiger partial charge in [0.25, 0.3) is 5.91 Å². The maximum absolute atomic E-state index is 11.2. The fourth-order valence-electron chi connectivity index (χ4n) is 1.86. The summed E-state index contributed by atoms with van der Waals surface area (Å²) in [4.78, 5) is 22.0. The van der Waals surface area contributed by atoms with E-state index in [1.165, 1.54) is 24.3 Å². The molecule has 2 aromatic rings. The van der Waals surface area contributed by atoms with E-state index in [-0.39, 0.29) is 16.9 Å². The summed E-state index contributed by atoms with van der Waals surface area (Å²) in [7, 11) is 0. The van der Waals surface area contributed by atoms with E-state index in [4.69, 9.17) is 10.8 Å². The minimum Gasteiger partial charge on any atom is -0.507 e. The number of anilines is 1. The van der Waals surface area contributed by atoms with Gasteiger partial charge in [-0.2, -0.15) is 5.10 Å². The first kappa shape index (κ1) is 16.0. The standard InChI is InChI=1S/C16H15N3O4/c1-9(11-4-7-14(20)13(8-11)15(17)21)18-19-12-5-2-10(3-6-12)16(22)23/h2-8,19-20H,1H3,(H2,17,21)(H,22,23)/b18-9-. The predicted octanol–water partition coefficient (Wildman–Crippen LogP) is 2.03. The Morgan fingerprint density at radius 2 is 1.70 bits per heavy atom. The van der Waals surface area contributed by atoms with Gasteiger partial charge in [0.15, 0.2) is 0 Å². The molecule has 0 saturated carbocycles. The number of nitrogens with zero attached hydrogens (tertiary/aromatic N) is 1. The van der Waals surface area contributed by atoms with Gasteiger partial charge in [-0.1, -0.05) is 0 Å². The number of nitrogens with two attached hydrogens (primary N) is 1. The van der Waals surface area contributed by atoms with Crippen molar-refractivity contribution in [1.29, 1.82) is 0 Å². The summed E-state index contributed by atoms with van der Waals surface area (Å²) >= 11 is 0. The SMILES string of the molecule is C/C(=N/Nc1ccc(C(=O)O)cc1)c1ccc(O)c(C(N)=O)c1. The molecule has 0 aromatic heterocycles. The van der Waals surface area contributed by atoms with Crippen LogP contribution in [0.5, 0.6) is 5.75 Å². The van der Waals surface area contributed by atoms with Gasteiger partial charge in [0.2, 0.25) is 0 Å². The first-order chi connectivity index (χ1) is 10.9. The summed E-state index contributed by atoms with van der Waals surface area (Å²) in [5.41, 5.74) is 9.97. The molecule has 2 rings (SSSR count). The smallest absolute Gasteiger partial charge is 0.335 e. The van der Waals surface area contributed by atoms with Gasteiger partial charge < -0.3 is 15.9 Å². The third-order valence-electron chi connectivity index (χ3n) is 3.16. The number of hydrogen-bond donors (Lipinski definition) is 4. The fourth-order valence-corrected chi connectivity index (χ4v) is 1.86. The van der Waals surface area contributed by atoms with Crippen molar-refractivity contribution in [2.75, 3.05) is 5.43 Å². The molecule has 0 bridgehead atoms. The highest BCUT2D eigenvalue weighted by molar-refractivity contribution is 6.03. The molecule has 0 radical (unpaired) electrons. The topological polar surface area (TPSA) is 125 Å². The Labute approximate surface area is 132 Å². The lowest BCUT2D eigenvalue weighted by Crippen LogP contribution is -2.12. The van der Waals surface area contributed by atoms with Crippen LogP contribution >= 0.6 is 0 Å². The van der Waals surface area contributed by atoms with Crippen LogP contribution in [0.1, 0.15) is 33.2 Å². The molecule has 0 heterocycles. The number of carboxylic acid groups (broad SMARTS) is 1. The van der Waals surface area contributed by atoms with E-state index >= 15 is 0 Å². The zero-order chi connectivity index (χ0) is 17.0. The molecule has 0 aliphatic carbocycles. The molecule has 0 atom stereocenters. The Balaban J connectivity index is 2.18. The Bertz CT molecular complexity index is 782. The summed E-state index contributed by atoms with van der Waals surface area (Å²) < 4.78 is 0. The van der Waals surface area contributed by atoms with Crippen molar-refractivity contribution in [3.8, 4) is 5.75 Å². The highest BCUT2D eigenvalue weighted by atomic mass is 16.4. The molecular formula is C16H15N3O4. The van der Waals surface area contributed by atoms with E-state index in [0.29, 0.717) is 17.0 Å². The molecule has 0 saturated heterocycles. The third-order valence-corrected chi connectivity index (χ3v) is 3.16. The van der Waals surface area contributed by atoms with Gasteiger partial charge >= 0.3 is 5.97 Å². The largest absolute Gasteiger partial charge is 0.507 e. The van der Waals surface area contributed by atoms with Crippen LogP contribution in [0, 0.1) is 0 Å². The van der Waals surface area contributed by atoms with E-state index in [1.807, 2.05) is 0 Å². The van der Waals surface area contributed by atoms with Gasteiger partial charge in [0, 0.05) is 0 Å². The number of aromatic hydroxyl groups is 1. The van der Waals surface area contributed by atoms with Crippen molar-refractivity contribution in [1.82, 2.24) is 0 Å². The maximum atomic E-state index is 11.2. The molecule has 1 amide bonds. The fraction of sp³-hybridized carbons (Fsp3) is 0.0625. The van der Waals surface area contributed by atoms with Gasteiger partial charge in [-0.3, -0.25) is 10.2 Å². The molecule has 7 heteroatoms. The number of nitrogens with one attached hydrogen (secondary N) is 1. The second-order valence-corrected chi connectivity index (χ2v) is 4.79. The van der Waals surface area contributed by atoms with Gasteiger partial charge in [-0.25, -0.2) is 4.79 Å². The molecule has 0 aliphatic heterocycles. The zero-order valence-corrected chi connectivity index (χ0v) is 12.3. The Morgan fingerprint density at radius 1 is 1.09 bits per heavy atom. The molecule has 0 aliphatic rings. The Kier molecular flexibility index (Phi) is 4.61. The third kappa shape index (κ3) is 3.85. The number of hydrogen-bond acceptors (Lipinski definition) is 5. The number of rotatable bonds is 5. The van der Waals surface area contributed by atoms with Gasteiger partial charge in [-0.05, 0) is 55.0 Å². The normalized spacial score (nSPS) is 11.1. The first-order valence-corrected chi connectivity index (χ1v) is 6.65. The van der Waals surface area contributed by atoms with Crippen molar-refractivity contribution in [2.45, 2.75) is 6.92 Å². The predicted molar refractivity (Wildman–Crippen MR) is 85.9 cm³/mol. The molecule has 7 nitrogen and oxygen atoms in total.